The van der Waals surface area contributed by atoms with Gasteiger partial charge in [0.1, 0.15) is 5.82 Å². The van der Waals surface area contributed by atoms with Crippen LogP contribution in [0.1, 0.15) is 21.5 Å². The lowest BCUT2D eigenvalue weighted by molar-refractivity contribution is 0.0954. The summed E-state index contributed by atoms with van der Waals surface area (Å²) in [4.78, 5) is 16.8. The fourth-order valence-electron chi connectivity index (χ4n) is 2.76. The molecule has 3 rings (SSSR count). The Morgan fingerprint density at radius 1 is 0.769 bits per heavy atom. The van der Waals surface area contributed by atoms with Gasteiger partial charge in [-0.1, -0.05) is 60.7 Å². The minimum Gasteiger partial charge on any atom is -0.369 e. The standard InChI is InChI=1S/C22H23N3O/c26-22(25-17-14-19-10-5-2-6-11-19)20-12-7-15-23-21(20)24-16-13-18-8-3-1-4-9-18/h1-12,15H,13-14,16-17H2,(H,23,24)(H,25,26). The van der Waals surface area contributed by atoms with Gasteiger partial charge in [0.2, 0.25) is 0 Å². The SMILES string of the molecule is O=C(NCCc1ccccc1)c1cccnc1NCCc1ccccc1. The van der Waals surface area contributed by atoms with E-state index in [1.165, 1.54) is 11.1 Å². The van der Waals surface area contributed by atoms with Crippen molar-refractivity contribution in [1.82, 2.24) is 10.3 Å². The van der Waals surface area contributed by atoms with E-state index in [-0.39, 0.29) is 5.91 Å². The van der Waals surface area contributed by atoms with E-state index >= 15 is 0 Å². The maximum Gasteiger partial charge on any atom is 0.255 e. The van der Waals surface area contributed by atoms with Crippen molar-refractivity contribution in [3.8, 4) is 0 Å². The molecule has 4 heteroatoms. The monoisotopic (exact) mass is 345 g/mol. The average Bonchev–Trinajstić information content (AvgIpc) is 2.70. The van der Waals surface area contributed by atoms with Gasteiger partial charge in [0.15, 0.2) is 0 Å². The summed E-state index contributed by atoms with van der Waals surface area (Å²) < 4.78 is 0. The van der Waals surface area contributed by atoms with Gasteiger partial charge in [-0.3, -0.25) is 4.79 Å². The van der Waals surface area contributed by atoms with Gasteiger partial charge in [0.05, 0.1) is 5.56 Å². The van der Waals surface area contributed by atoms with Crippen LogP contribution < -0.4 is 10.6 Å². The minimum absolute atomic E-state index is 0.101. The van der Waals surface area contributed by atoms with Gasteiger partial charge in [-0.25, -0.2) is 4.98 Å². The van der Waals surface area contributed by atoms with E-state index in [0.29, 0.717) is 17.9 Å². The first-order valence-corrected chi connectivity index (χ1v) is 8.88. The fourth-order valence-corrected chi connectivity index (χ4v) is 2.76. The third-order valence-electron chi connectivity index (χ3n) is 4.14. The molecule has 0 aliphatic rings. The van der Waals surface area contributed by atoms with Gasteiger partial charge < -0.3 is 10.6 Å². The van der Waals surface area contributed by atoms with Crippen LogP contribution in [0.25, 0.3) is 0 Å². The summed E-state index contributed by atoms with van der Waals surface area (Å²) in [7, 11) is 0. The lowest BCUT2D eigenvalue weighted by Crippen LogP contribution is -2.27. The van der Waals surface area contributed by atoms with Crippen LogP contribution in [0.5, 0.6) is 0 Å². The Hall–Kier alpha value is -3.14. The topological polar surface area (TPSA) is 54.0 Å². The van der Waals surface area contributed by atoms with Gasteiger partial charge in [-0.2, -0.15) is 0 Å². The van der Waals surface area contributed by atoms with Gasteiger partial charge in [-0.15, -0.1) is 0 Å². The molecule has 0 unspecified atom stereocenters. The molecule has 1 aromatic heterocycles. The lowest BCUT2D eigenvalue weighted by atomic mass is 10.1. The molecule has 1 amide bonds. The fraction of sp³-hybridized carbons (Fsp3) is 0.182. The molecule has 26 heavy (non-hydrogen) atoms. The number of hydrogen-bond donors (Lipinski definition) is 2. The molecular weight excluding hydrogens is 322 g/mol. The van der Waals surface area contributed by atoms with Crippen LogP contribution in [-0.4, -0.2) is 24.0 Å². The third kappa shape index (κ3) is 5.18. The van der Waals surface area contributed by atoms with Crippen LogP contribution in [0.4, 0.5) is 5.82 Å². The first-order chi connectivity index (χ1) is 12.8. The zero-order valence-electron chi connectivity index (χ0n) is 14.7. The second-order valence-corrected chi connectivity index (χ2v) is 6.05. The lowest BCUT2D eigenvalue weighted by Gasteiger charge is -2.11. The summed E-state index contributed by atoms with van der Waals surface area (Å²) in [6, 6.07) is 24.0. The predicted octanol–water partition coefficient (Wildman–Crippen LogP) is 3.71. The van der Waals surface area contributed by atoms with Crippen molar-refractivity contribution in [2.75, 3.05) is 18.4 Å². The average molecular weight is 345 g/mol. The van der Waals surface area contributed by atoms with E-state index in [0.717, 1.165) is 19.4 Å². The first kappa shape index (κ1) is 17.7. The highest BCUT2D eigenvalue weighted by Gasteiger charge is 2.11. The van der Waals surface area contributed by atoms with Gasteiger partial charge in [-0.05, 0) is 36.1 Å². The smallest absolute Gasteiger partial charge is 0.255 e. The minimum atomic E-state index is -0.101. The highest BCUT2D eigenvalue weighted by Crippen LogP contribution is 2.12. The van der Waals surface area contributed by atoms with Crippen LogP contribution in [0.3, 0.4) is 0 Å². The molecule has 4 nitrogen and oxygen atoms in total. The second kappa shape index (κ2) is 9.37. The maximum absolute atomic E-state index is 12.5. The summed E-state index contributed by atoms with van der Waals surface area (Å²) in [6.45, 7) is 1.33. The number of aromatic nitrogens is 1. The molecule has 0 fully saturated rings. The Kier molecular flexibility index (Phi) is 6.37. The third-order valence-corrected chi connectivity index (χ3v) is 4.14. The van der Waals surface area contributed by atoms with Gasteiger partial charge in [0.25, 0.3) is 5.91 Å². The van der Waals surface area contributed by atoms with Crippen LogP contribution in [0.15, 0.2) is 79.0 Å². The van der Waals surface area contributed by atoms with Crippen LogP contribution in [-0.2, 0) is 12.8 Å². The van der Waals surface area contributed by atoms with E-state index in [1.54, 1.807) is 18.3 Å². The number of nitrogens with zero attached hydrogens (tertiary/aromatic N) is 1. The van der Waals surface area contributed by atoms with Gasteiger partial charge in [0, 0.05) is 19.3 Å². The molecular formula is C22H23N3O. The predicted molar refractivity (Wildman–Crippen MR) is 105 cm³/mol. The van der Waals surface area contributed by atoms with Crippen molar-refractivity contribution in [2.24, 2.45) is 0 Å². The molecule has 132 valence electrons. The van der Waals surface area contributed by atoms with E-state index in [2.05, 4.69) is 39.9 Å². The number of anilines is 1. The molecule has 0 saturated carbocycles. The Morgan fingerprint density at radius 3 is 2.04 bits per heavy atom. The summed E-state index contributed by atoms with van der Waals surface area (Å²) in [5, 5.41) is 6.26. The van der Waals surface area contributed by atoms with E-state index in [1.807, 2.05) is 36.4 Å². The van der Waals surface area contributed by atoms with Crippen molar-refractivity contribution in [3.63, 3.8) is 0 Å². The summed E-state index contributed by atoms with van der Waals surface area (Å²) in [5.74, 6) is 0.525. The number of benzene rings is 2. The first-order valence-electron chi connectivity index (χ1n) is 8.88. The van der Waals surface area contributed by atoms with Crippen LogP contribution in [0, 0.1) is 0 Å². The van der Waals surface area contributed by atoms with Crippen molar-refractivity contribution in [1.29, 1.82) is 0 Å². The maximum atomic E-state index is 12.5. The Labute approximate surface area is 154 Å². The van der Waals surface area contributed by atoms with E-state index in [4.69, 9.17) is 0 Å². The summed E-state index contributed by atoms with van der Waals surface area (Å²) >= 11 is 0. The van der Waals surface area contributed by atoms with Crippen LogP contribution in [0.2, 0.25) is 0 Å². The van der Waals surface area contributed by atoms with Crippen molar-refractivity contribution in [2.45, 2.75) is 12.8 Å². The van der Waals surface area contributed by atoms with Crippen LogP contribution >= 0.6 is 0 Å². The molecule has 1 heterocycles. The molecule has 2 N–H and O–H groups in total. The van der Waals surface area contributed by atoms with Crippen molar-refractivity contribution in [3.05, 3.63) is 95.7 Å². The normalized spacial score (nSPS) is 10.3. The summed E-state index contributed by atoms with van der Waals surface area (Å²) in [5.41, 5.74) is 3.04. The van der Waals surface area contributed by atoms with Gasteiger partial charge >= 0.3 is 0 Å². The highest BCUT2D eigenvalue weighted by atomic mass is 16.1. The number of hydrogen-bond acceptors (Lipinski definition) is 3. The molecule has 0 spiro atoms. The van der Waals surface area contributed by atoms with E-state index < -0.39 is 0 Å². The molecule has 0 saturated heterocycles. The zero-order valence-corrected chi connectivity index (χ0v) is 14.7. The Bertz CT molecular complexity index is 819. The molecule has 0 aliphatic carbocycles. The Balaban J connectivity index is 1.53. The quantitative estimate of drug-likeness (QED) is 0.654. The number of pyridine rings is 1. The molecule has 0 radical (unpaired) electrons. The van der Waals surface area contributed by atoms with E-state index in [9.17, 15) is 4.79 Å². The Morgan fingerprint density at radius 2 is 1.38 bits per heavy atom. The van der Waals surface area contributed by atoms with Crippen molar-refractivity contribution >= 4 is 11.7 Å². The number of carbonyl (C=O) groups excluding carboxylic acids is 1. The molecule has 0 aliphatic heterocycles. The molecule has 0 bridgehead atoms. The number of carbonyl (C=O) groups is 1. The zero-order chi connectivity index (χ0) is 18.0. The second-order valence-electron chi connectivity index (χ2n) is 6.05. The molecule has 3 aromatic rings. The van der Waals surface area contributed by atoms with Crippen molar-refractivity contribution < 1.29 is 4.79 Å². The number of amides is 1. The molecule has 2 aromatic carbocycles. The largest absolute Gasteiger partial charge is 0.369 e. The molecule has 0 atom stereocenters. The highest BCUT2D eigenvalue weighted by molar-refractivity contribution is 5.98. The number of nitrogens with one attached hydrogen (secondary N) is 2. The summed E-state index contributed by atoms with van der Waals surface area (Å²) in [6.07, 6.45) is 3.39. The number of rotatable bonds is 8.